The Bertz CT molecular complexity index is 404. The lowest BCUT2D eigenvalue weighted by atomic mass is 10.0. The van der Waals surface area contributed by atoms with Gasteiger partial charge in [-0.3, -0.25) is 9.59 Å². The molecule has 0 aliphatic carbocycles. The lowest BCUT2D eigenvalue weighted by molar-refractivity contribution is -0.138. The molecule has 0 bridgehead atoms. The van der Waals surface area contributed by atoms with E-state index in [4.69, 9.17) is 40.9 Å². The van der Waals surface area contributed by atoms with Crippen molar-refractivity contribution in [2.75, 3.05) is 26.4 Å². The number of hydrogen-bond donors (Lipinski definition) is 8. The fourth-order valence-corrected chi connectivity index (χ4v) is 2.62. The number of aliphatic carboxylic acids is 2. The third-order valence-electron chi connectivity index (χ3n) is 4.80. The fourth-order valence-electron chi connectivity index (χ4n) is 2.62. The summed E-state index contributed by atoms with van der Waals surface area (Å²) in [6.45, 7) is 2.64. The van der Waals surface area contributed by atoms with E-state index in [1.165, 1.54) is 70.6 Å². The van der Waals surface area contributed by atoms with Gasteiger partial charge in [0.2, 0.25) is 0 Å². The topological polar surface area (TPSA) is 196 Å². The van der Waals surface area contributed by atoms with Crippen LogP contribution >= 0.6 is 0 Å². The maximum absolute atomic E-state index is 10.3. The molecule has 0 aromatic heterocycles. The minimum atomic E-state index is -0.954. The Morgan fingerprint density at radius 1 is 0.472 bits per heavy atom. The van der Waals surface area contributed by atoms with Crippen LogP contribution in [-0.4, -0.2) is 91.4 Å². The highest BCUT2D eigenvalue weighted by Gasteiger charge is 1.97. The first-order chi connectivity index (χ1) is 17.2. The Kier molecular flexibility index (Phi) is 44.4. The average molecular weight is 529 g/mol. The van der Waals surface area contributed by atoms with Crippen molar-refractivity contribution in [2.45, 2.75) is 129 Å². The van der Waals surface area contributed by atoms with E-state index < -0.39 is 24.1 Å². The second-order valence-corrected chi connectivity index (χ2v) is 8.57. The molecule has 0 amide bonds. The van der Waals surface area contributed by atoms with Crippen LogP contribution in [0.25, 0.3) is 0 Å². The molecule has 36 heavy (non-hydrogen) atoms. The van der Waals surface area contributed by atoms with Crippen molar-refractivity contribution in [2.24, 2.45) is 0 Å². The van der Waals surface area contributed by atoms with Gasteiger partial charge in [0.1, 0.15) is 12.2 Å². The van der Waals surface area contributed by atoms with Gasteiger partial charge in [0.25, 0.3) is 0 Å². The summed E-state index contributed by atoms with van der Waals surface area (Å²) < 4.78 is 0. The Morgan fingerprint density at radius 3 is 0.917 bits per heavy atom. The lowest BCUT2D eigenvalue weighted by Crippen LogP contribution is -2.15. The van der Waals surface area contributed by atoms with Crippen LogP contribution in [0.1, 0.15) is 117 Å². The highest BCUT2D eigenvalue weighted by molar-refractivity contribution is 5.66. The molecule has 0 unspecified atom stereocenters. The quantitative estimate of drug-likeness (QED) is 0.109. The molecule has 0 heterocycles. The van der Waals surface area contributed by atoms with Gasteiger partial charge in [0.05, 0.1) is 26.4 Å². The first kappa shape index (κ1) is 41.8. The largest absolute Gasteiger partial charge is 0.481 e. The molecule has 0 saturated carbocycles. The SMILES string of the molecule is CCCC(=O)O.CCCCCCCCCCCCCCCC(=O)O.OCC(O)CO.OCC(O)CO. The monoisotopic (exact) mass is 528 g/mol. The maximum atomic E-state index is 10.3. The smallest absolute Gasteiger partial charge is 0.303 e. The molecular formula is C26H56O10. The number of unbranched alkanes of at least 4 members (excludes halogenated alkanes) is 12. The Balaban J connectivity index is -0.000000231. The molecule has 10 nitrogen and oxygen atoms in total. The van der Waals surface area contributed by atoms with E-state index in [-0.39, 0.29) is 26.4 Å². The molecule has 0 radical (unpaired) electrons. The van der Waals surface area contributed by atoms with Crippen LogP contribution in [0.2, 0.25) is 0 Å². The van der Waals surface area contributed by atoms with Gasteiger partial charge in [0, 0.05) is 12.8 Å². The molecule has 0 rings (SSSR count). The van der Waals surface area contributed by atoms with E-state index in [0.717, 1.165) is 19.3 Å². The number of carboxylic acid groups (broad SMARTS) is 2. The number of rotatable bonds is 20. The number of aliphatic hydroxyl groups is 6. The van der Waals surface area contributed by atoms with Gasteiger partial charge < -0.3 is 40.9 Å². The zero-order chi connectivity index (χ0) is 28.5. The van der Waals surface area contributed by atoms with Crippen LogP contribution in [0, 0.1) is 0 Å². The molecule has 0 spiro atoms. The zero-order valence-corrected chi connectivity index (χ0v) is 22.7. The number of hydrogen-bond acceptors (Lipinski definition) is 8. The van der Waals surface area contributed by atoms with Crippen LogP contribution in [0.3, 0.4) is 0 Å². The molecule has 0 atom stereocenters. The van der Waals surface area contributed by atoms with Gasteiger partial charge in [-0.05, 0) is 12.8 Å². The highest BCUT2D eigenvalue weighted by atomic mass is 16.4. The number of carbonyl (C=O) groups is 2. The molecule has 0 aliphatic rings. The van der Waals surface area contributed by atoms with Crippen molar-refractivity contribution in [3.8, 4) is 0 Å². The van der Waals surface area contributed by atoms with Crippen LogP contribution in [0.15, 0.2) is 0 Å². The maximum Gasteiger partial charge on any atom is 0.303 e. The van der Waals surface area contributed by atoms with Gasteiger partial charge in [-0.2, -0.15) is 0 Å². The molecular weight excluding hydrogens is 472 g/mol. The third-order valence-corrected chi connectivity index (χ3v) is 4.80. The standard InChI is InChI=1S/C16H32O2.C4H8O2.2C3H8O3/c1-2-3-4-5-6-7-8-9-10-11-12-13-14-15-16(17)18;1-2-3-4(5)6;2*4-1-3(6)2-5/h2-15H2,1H3,(H,17,18);2-3H2,1H3,(H,5,6);2*3-6H,1-2H2. The second-order valence-electron chi connectivity index (χ2n) is 8.57. The minimum absolute atomic E-state index is 0.292. The number of aliphatic hydroxyl groups excluding tert-OH is 6. The second kappa shape index (κ2) is 38.2. The van der Waals surface area contributed by atoms with E-state index in [0.29, 0.717) is 12.8 Å². The van der Waals surface area contributed by atoms with Crippen molar-refractivity contribution in [3.63, 3.8) is 0 Å². The molecule has 0 fully saturated rings. The summed E-state index contributed by atoms with van der Waals surface area (Å²) >= 11 is 0. The minimum Gasteiger partial charge on any atom is -0.481 e. The van der Waals surface area contributed by atoms with Gasteiger partial charge in [-0.1, -0.05) is 90.9 Å². The Morgan fingerprint density at radius 2 is 0.750 bits per heavy atom. The van der Waals surface area contributed by atoms with E-state index in [9.17, 15) is 9.59 Å². The zero-order valence-electron chi connectivity index (χ0n) is 22.7. The van der Waals surface area contributed by atoms with Crippen LogP contribution in [0.5, 0.6) is 0 Å². The van der Waals surface area contributed by atoms with E-state index >= 15 is 0 Å². The summed E-state index contributed by atoms with van der Waals surface area (Å²) in [7, 11) is 0. The summed E-state index contributed by atoms with van der Waals surface area (Å²) in [5, 5.41) is 64.4. The van der Waals surface area contributed by atoms with E-state index in [1.807, 2.05) is 6.92 Å². The van der Waals surface area contributed by atoms with Crippen LogP contribution < -0.4 is 0 Å². The Hall–Kier alpha value is -1.30. The highest BCUT2D eigenvalue weighted by Crippen LogP contribution is 2.12. The van der Waals surface area contributed by atoms with Gasteiger partial charge in [0.15, 0.2) is 0 Å². The molecule has 0 aromatic carbocycles. The van der Waals surface area contributed by atoms with Crippen molar-refractivity contribution in [1.29, 1.82) is 0 Å². The van der Waals surface area contributed by atoms with E-state index in [2.05, 4.69) is 6.92 Å². The fraction of sp³-hybridized carbons (Fsp3) is 0.923. The van der Waals surface area contributed by atoms with Crippen molar-refractivity contribution in [3.05, 3.63) is 0 Å². The van der Waals surface area contributed by atoms with Gasteiger partial charge >= 0.3 is 11.9 Å². The first-order valence-corrected chi connectivity index (χ1v) is 13.4. The molecule has 10 heteroatoms. The van der Waals surface area contributed by atoms with Crippen LogP contribution in [0.4, 0.5) is 0 Å². The summed E-state index contributed by atoms with van der Waals surface area (Å²) in [6, 6.07) is 0. The molecule has 0 aromatic rings. The van der Waals surface area contributed by atoms with Gasteiger partial charge in [-0.15, -0.1) is 0 Å². The molecule has 8 N–H and O–H groups in total. The molecule has 0 aliphatic heterocycles. The van der Waals surface area contributed by atoms with Crippen molar-refractivity contribution >= 4 is 11.9 Å². The number of carboxylic acids is 2. The van der Waals surface area contributed by atoms with Crippen molar-refractivity contribution in [1.82, 2.24) is 0 Å². The Labute approximate surface area is 218 Å². The summed E-state index contributed by atoms with van der Waals surface area (Å²) in [5.41, 5.74) is 0. The summed E-state index contributed by atoms with van der Waals surface area (Å²) in [5.74, 6) is -1.37. The predicted molar refractivity (Wildman–Crippen MR) is 141 cm³/mol. The average Bonchev–Trinajstić information content (AvgIpc) is 2.86. The van der Waals surface area contributed by atoms with Crippen molar-refractivity contribution < 1.29 is 50.4 Å². The summed E-state index contributed by atoms with van der Waals surface area (Å²) in [6.07, 6.45) is 16.4. The predicted octanol–water partition coefficient (Wildman–Crippen LogP) is 3.09. The normalized spacial score (nSPS) is 10.1. The third kappa shape index (κ3) is 53.9. The molecule has 220 valence electrons. The van der Waals surface area contributed by atoms with Gasteiger partial charge in [-0.25, -0.2) is 0 Å². The lowest BCUT2D eigenvalue weighted by Gasteiger charge is -2.02. The summed E-state index contributed by atoms with van der Waals surface area (Å²) in [4.78, 5) is 19.9. The molecule has 0 saturated heterocycles. The van der Waals surface area contributed by atoms with E-state index in [1.54, 1.807) is 0 Å². The first-order valence-electron chi connectivity index (χ1n) is 13.4. The van der Waals surface area contributed by atoms with Crippen LogP contribution in [-0.2, 0) is 9.59 Å².